The summed E-state index contributed by atoms with van der Waals surface area (Å²) in [5.74, 6) is 0.723. The summed E-state index contributed by atoms with van der Waals surface area (Å²) in [4.78, 5) is 19.5. The van der Waals surface area contributed by atoms with Gasteiger partial charge in [0.25, 0.3) is 0 Å². The number of nitrogens with zero attached hydrogens (tertiary/aromatic N) is 3. The normalized spacial score (nSPS) is 16.4. The van der Waals surface area contributed by atoms with E-state index < -0.39 is 0 Å². The second-order valence-corrected chi connectivity index (χ2v) is 6.73. The molecule has 0 saturated carbocycles. The van der Waals surface area contributed by atoms with Gasteiger partial charge >= 0.3 is 0 Å². The summed E-state index contributed by atoms with van der Waals surface area (Å²) in [6.07, 6.45) is 7.99. The lowest BCUT2D eigenvalue weighted by Crippen LogP contribution is -2.43. The Bertz CT molecular complexity index is 707. The fourth-order valence-electron chi connectivity index (χ4n) is 3.60. The van der Waals surface area contributed by atoms with Gasteiger partial charge in [0.05, 0.1) is 0 Å². The number of amides is 1. The topological polar surface area (TPSA) is 50.2 Å². The fourth-order valence-corrected chi connectivity index (χ4v) is 3.60. The molecule has 0 aliphatic carbocycles. The first-order valence-corrected chi connectivity index (χ1v) is 9.46. The van der Waals surface area contributed by atoms with Crippen molar-refractivity contribution in [2.75, 3.05) is 19.6 Å². The minimum Gasteiger partial charge on any atom is -0.353 e. The summed E-state index contributed by atoms with van der Waals surface area (Å²) in [6, 6.07) is 5.94. The van der Waals surface area contributed by atoms with E-state index >= 15 is 0 Å². The highest BCUT2D eigenvalue weighted by atomic mass is 19.1. The molecule has 0 spiro atoms. The lowest BCUT2D eigenvalue weighted by Gasteiger charge is -2.34. The van der Waals surface area contributed by atoms with Crippen LogP contribution in [0.25, 0.3) is 0 Å². The van der Waals surface area contributed by atoms with Gasteiger partial charge in [-0.15, -0.1) is 0 Å². The zero-order valence-electron chi connectivity index (χ0n) is 15.3. The van der Waals surface area contributed by atoms with Crippen LogP contribution in [0.4, 0.5) is 4.39 Å². The van der Waals surface area contributed by atoms with Gasteiger partial charge in [0.2, 0.25) is 5.91 Å². The maximum atomic E-state index is 13.3. The molecule has 1 aliphatic heterocycles. The maximum absolute atomic E-state index is 13.3. The molecule has 1 aromatic carbocycles. The van der Waals surface area contributed by atoms with E-state index in [0.29, 0.717) is 13.1 Å². The highest BCUT2D eigenvalue weighted by Crippen LogP contribution is 2.25. The van der Waals surface area contributed by atoms with E-state index in [1.165, 1.54) is 18.6 Å². The first-order valence-electron chi connectivity index (χ1n) is 9.46. The molecule has 0 bridgehead atoms. The van der Waals surface area contributed by atoms with Crippen molar-refractivity contribution in [3.05, 3.63) is 53.9 Å². The van der Waals surface area contributed by atoms with Gasteiger partial charge in [0, 0.05) is 31.9 Å². The second-order valence-electron chi connectivity index (χ2n) is 6.73. The molecule has 1 aliphatic rings. The third-order valence-electron chi connectivity index (χ3n) is 4.96. The number of likely N-dealkylation sites (tertiary alicyclic amines) is 1. The van der Waals surface area contributed by atoms with Crippen LogP contribution < -0.4 is 5.32 Å². The summed E-state index contributed by atoms with van der Waals surface area (Å²) in [7, 11) is 0. The smallest absolute Gasteiger partial charge is 0.242 e. The average Bonchev–Trinajstić information content (AvgIpc) is 3.12. The molecule has 6 heteroatoms. The van der Waals surface area contributed by atoms with Crippen LogP contribution in [-0.2, 0) is 17.8 Å². The Labute approximate surface area is 154 Å². The number of nitrogens with one attached hydrogen (secondary N) is 1. The molecule has 1 aromatic heterocycles. The van der Waals surface area contributed by atoms with Gasteiger partial charge in [-0.25, -0.2) is 9.37 Å². The molecule has 26 heavy (non-hydrogen) atoms. The van der Waals surface area contributed by atoms with Crippen molar-refractivity contribution in [2.24, 2.45) is 0 Å². The second kappa shape index (κ2) is 8.94. The summed E-state index contributed by atoms with van der Waals surface area (Å²) >= 11 is 0. The van der Waals surface area contributed by atoms with E-state index in [9.17, 15) is 9.18 Å². The van der Waals surface area contributed by atoms with E-state index in [2.05, 4.69) is 26.7 Å². The van der Waals surface area contributed by atoms with E-state index in [4.69, 9.17) is 0 Å². The van der Waals surface area contributed by atoms with Crippen molar-refractivity contribution in [1.29, 1.82) is 0 Å². The number of halogens is 1. The number of benzene rings is 1. The largest absolute Gasteiger partial charge is 0.353 e. The van der Waals surface area contributed by atoms with Crippen LogP contribution >= 0.6 is 0 Å². The summed E-state index contributed by atoms with van der Waals surface area (Å²) < 4.78 is 15.4. The number of rotatable bonds is 7. The number of hydrogen-bond donors (Lipinski definition) is 1. The molecule has 5 nitrogen and oxygen atoms in total. The quantitative estimate of drug-likeness (QED) is 0.828. The van der Waals surface area contributed by atoms with Gasteiger partial charge in [0.1, 0.15) is 17.7 Å². The summed E-state index contributed by atoms with van der Waals surface area (Å²) in [6.45, 7) is 5.12. The van der Waals surface area contributed by atoms with Crippen molar-refractivity contribution in [3.63, 3.8) is 0 Å². The van der Waals surface area contributed by atoms with Crippen molar-refractivity contribution in [3.8, 4) is 0 Å². The van der Waals surface area contributed by atoms with Gasteiger partial charge in [-0.05, 0) is 43.6 Å². The molecule has 2 aromatic rings. The number of carbonyl (C=O) groups is 1. The Kier molecular flexibility index (Phi) is 6.39. The van der Waals surface area contributed by atoms with E-state index in [1.54, 1.807) is 18.3 Å². The minimum atomic E-state index is -0.357. The van der Waals surface area contributed by atoms with Gasteiger partial charge < -0.3 is 9.88 Å². The van der Waals surface area contributed by atoms with Crippen molar-refractivity contribution < 1.29 is 9.18 Å². The first kappa shape index (κ1) is 18.6. The number of aromatic nitrogens is 2. The maximum Gasteiger partial charge on any atom is 0.242 e. The van der Waals surface area contributed by atoms with Crippen LogP contribution in [0, 0.1) is 5.82 Å². The zero-order chi connectivity index (χ0) is 18.4. The number of carbonyl (C=O) groups excluding carboxylic acids is 1. The Morgan fingerprint density at radius 3 is 2.65 bits per heavy atom. The zero-order valence-corrected chi connectivity index (χ0v) is 15.3. The van der Waals surface area contributed by atoms with Crippen molar-refractivity contribution >= 4 is 5.91 Å². The fraction of sp³-hybridized carbons (Fsp3) is 0.500. The van der Waals surface area contributed by atoms with Crippen LogP contribution in [0.5, 0.6) is 0 Å². The lowest BCUT2D eigenvalue weighted by atomic mass is 10.0. The van der Waals surface area contributed by atoms with Crippen LogP contribution in [0.2, 0.25) is 0 Å². The molecule has 1 amide bonds. The van der Waals surface area contributed by atoms with Gasteiger partial charge in [-0.3, -0.25) is 9.69 Å². The van der Waals surface area contributed by atoms with Gasteiger partial charge in [-0.2, -0.15) is 0 Å². The summed E-state index contributed by atoms with van der Waals surface area (Å²) in [5.41, 5.74) is 0.850. The predicted molar refractivity (Wildman–Crippen MR) is 99.2 cm³/mol. The number of piperidine rings is 1. The highest BCUT2D eigenvalue weighted by molar-refractivity contribution is 5.83. The molecule has 1 saturated heterocycles. The first-order chi connectivity index (χ1) is 12.7. The molecular weight excluding hydrogens is 331 g/mol. The van der Waals surface area contributed by atoms with E-state index in [-0.39, 0.29) is 17.8 Å². The Morgan fingerprint density at radius 2 is 1.96 bits per heavy atom. The predicted octanol–water partition coefficient (Wildman–Crippen LogP) is 2.93. The number of aryl methyl sites for hydroxylation is 1. The minimum absolute atomic E-state index is 0.0170. The monoisotopic (exact) mass is 358 g/mol. The SMILES string of the molecule is CCc1nccn1CCNC(=O)C(c1ccc(F)cc1)N1CCCCC1. The number of hydrogen-bond acceptors (Lipinski definition) is 3. The lowest BCUT2D eigenvalue weighted by molar-refractivity contribution is -0.127. The molecule has 1 unspecified atom stereocenters. The molecule has 0 radical (unpaired) electrons. The van der Waals surface area contributed by atoms with Gasteiger partial charge in [-0.1, -0.05) is 25.5 Å². The third-order valence-corrected chi connectivity index (χ3v) is 4.96. The van der Waals surface area contributed by atoms with Crippen LogP contribution in [-0.4, -0.2) is 40.0 Å². The highest BCUT2D eigenvalue weighted by Gasteiger charge is 2.28. The third kappa shape index (κ3) is 4.49. The van der Waals surface area contributed by atoms with Crippen LogP contribution in [0.1, 0.15) is 43.6 Å². The average molecular weight is 358 g/mol. The molecule has 2 heterocycles. The molecular formula is C20H27FN4O. The Balaban J connectivity index is 1.67. The van der Waals surface area contributed by atoms with Crippen LogP contribution in [0.15, 0.2) is 36.7 Å². The molecule has 140 valence electrons. The summed E-state index contributed by atoms with van der Waals surface area (Å²) in [5, 5.41) is 3.06. The standard InChI is InChI=1S/C20H27FN4O/c1-2-18-22-10-14-24(18)15-11-23-20(26)19(25-12-4-3-5-13-25)16-6-8-17(21)9-7-16/h6-10,14,19H,2-5,11-13,15H2,1H3,(H,23,26). The van der Waals surface area contributed by atoms with E-state index in [1.807, 2.05) is 6.20 Å². The molecule has 1 fully saturated rings. The van der Waals surface area contributed by atoms with Crippen molar-refractivity contribution in [1.82, 2.24) is 19.8 Å². The molecule has 1 N–H and O–H groups in total. The Hall–Kier alpha value is -2.21. The molecule has 3 rings (SSSR count). The van der Waals surface area contributed by atoms with E-state index in [0.717, 1.165) is 43.7 Å². The Morgan fingerprint density at radius 1 is 1.23 bits per heavy atom. The number of imidazole rings is 1. The molecule has 1 atom stereocenters. The van der Waals surface area contributed by atoms with Crippen LogP contribution in [0.3, 0.4) is 0 Å². The van der Waals surface area contributed by atoms with Gasteiger partial charge in [0.15, 0.2) is 0 Å². The van der Waals surface area contributed by atoms with Crippen molar-refractivity contribution in [2.45, 2.75) is 45.2 Å².